The Hall–Kier alpha value is -2.17. The summed E-state index contributed by atoms with van der Waals surface area (Å²) in [6.45, 7) is 0. The van der Waals surface area contributed by atoms with E-state index in [9.17, 15) is 0 Å². The maximum Gasteiger partial charge on any atom is 0.151 e. The molecule has 0 radical (unpaired) electrons. The molecule has 0 unspecified atom stereocenters. The van der Waals surface area contributed by atoms with Gasteiger partial charge < -0.3 is 4.98 Å². The van der Waals surface area contributed by atoms with E-state index in [2.05, 4.69) is 20.2 Å². The Labute approximate surface area is 131 Å². The summed E-state index contributed by atoms with van der Waals surface area (Å²) >= 11 is 11.9. The van der Waals surface area contributed by atoms with Crippen LogP contribution in [0.2, 0.25) is 10.0 Å². The number of imidazole rings is 1. The second kappa shape index (κ2) is 6.08. The summed E-state index contributed by atoms with van der Waals surface area (Å²) in [5.74, 6) is 0.649. The normalized spacial score (nSPS) is 11.9. The van der Waals surface area contributed by atoms with Crippen LogP contribution < -0.4 is 0 Å². The van der Waals surface area contributed by atoms with E-state index in [1.165, 1.54) is 0 Å². The molecule has 0 aliphatic heterocycles. The minimum absolute atomic E-state index is 0.533. The first-order valence-corrected chi connectivity index (χ1v) is 6.94. The van der Waals surface area contributed by atoms with Crippen LogP contribution >= 0.6 is 23.2 Å². The molecule has 1 aromatic heterocycles. The zero-order valence-electron chi connectivity index (χ0n) is 10.8. The van der Waals surface area contributed by atoms with Crippen molar-refractivity contribution >= 4 is 46.7 Å². The van der Waals surface area contributed by atoms with Gasteiger partial charge in [-0.2, -0.15) is 10.2 Å². The van der Waals surface area contributed by atoms with Crippen LogP contribution in [0.1, 0.15) is 11.4 Å². The van der Waals surface area contributed by atoms with Gasteiger partial charge in [0, 0.05) is 10.6 Å². The fraction of sp³-hybridized carbons (Fsp3) is 0. The molecule has 0 aliphatic rings. The number of H-pyrrole nitrogens is 1. The van der Waals surface area contributed by atoms with Crippen molar-refractivity contribution in [3.8, 4) is 0 Å². The Morgan fingerprint density at radius 1 is 1.00 bits per heavy atom. The first-order chi connectivity index (χ1) is 10.2. The van der Waals surface area contributed by atoms with Gasteiger partial charge in [0.1, 0.15) is 0 Å². The molecule has 0 saturated heterocycles. The standard InChI is InChI=1S/C15H10Cl2N4/c16-11-6-5-10(12(17)7-11)8-18-19-9-15-20-13-3-1-2-4-14(13)21-15/h1-9H,(H,20,21)/b18-8+,19-9+. The number of aromatic amines is 1. The molecule has 3 rings (SSSR count). The number of nitrogens with one attached hydrogen (secondary N) is 1. The lowest BCUT2D eigenvalue weighted by Crippen LogP contribution is -1.84. The lowest BCUT2D eigenvalue weighted by molar-refractivity contribution is 1.23. The molecular formula is C15H10Cl2N4. The molecule has 0 amide bonds. The van der Waals surface area contributed by atoms with E-state index in [0.717, 1.165) is 16.6 Å². The van der Waals surface area contributed by atoms with Crippen molar-refractivity contribution in [1.29, 1.82) is 0 Å². The summed E-state index contributed by atoms with van der Waals surface area (Å²) in [6.07, 6.45) is 3.12. The van der Waals surface area contributed by atoms with E-state index in [4.69, 9.17) is 23.2 Å². The van der Waals surface area contributed by atoms with Gasteiger partial charge in [0.15, 0.2) is 5.82 Å². The van der Waals surface area contributed by atoms with Crippen molar-refractivity contribution in [3.05, 3.63) is 63.9 Å². The highest BCUT2D eigenvalue weighted by atomic mass is 35.5. The third-order valence-corrected chi connectivity index (χ3v) is 3.38. The SMILES string of the molecule is Clc1ccc(/C=N/N=C/c2nc3ccccc3[nH]2)c(Cl)c1. The molecule has 104 valence electrons. The predicted molar refractivity (Wildman–Crippen MR) is 87.7 cm³/mol. The second-order valence-corrected chi connectivity index (χ2v) is 5.14. The van der Waals surface area contributed by atoms with Gasteiger partial charge in [0.2, 0.25) is 0 Å². The van der Waals surface area contributed by atoms with Crippen LogP contribution in [-0.2, 0) is 0 Å². The third-order valence-electron chi connectivity index (χ3n) is 2.81. The van der Waals surface area contributed by atoms with E-state index in [1.807, 2.05) is 24.3 Å². The molecule has 1 N–H and O–H groups in total. The van der Waals surface area contributed by atoms with Crippen molar-refractivity contribution in [3.63, 3.8) is 0 Å². The molecular weight excluding hydrogens is 307 g/mol. The zero-order chi connectivity index (χ0) is 14.7. The Morgan fingerprint density at radius 2 is 1.81 bits per heavy atom. The Balaban J connectivity index is 1.75. The number of hydrogen-bond acceptors (Lipinski definition) is 3. The summed E-state index contributed by atoms with van der Waals surface area (Å²) in [4.78, 5) is 7.50. The van der Waals surface area contributed by atoms with Crippen LogP contribution in [0.3, 0.4) is 0 Å². The van der Waals surface area contributed by atoms with Crippen molar-refractivity contribution in [1.82, 2.24) is 9.97 Å². The smallest absolute Gasteiger partial charge is 0.151 e. The van der Waals surface area contributed by atoms with E-state index in [-0.39, 0.29) is 0 Å². The van der Waals surface area contributed by atoms with Gasteiger partial charge in [-0.25, -0.2) is 4.98 Å². The zero-order valence-corrected chi connectivity index (χ0v) is 12.3. The summed E-state index contributed by atoms with van der Waals surface area (Å²) in [6, 6.07) is 13.0. The van der Waals surface area contributed by atoms with E-state index >= 15 is 0 Å². The molecule has 2 aromatic carbocycles. The highest BCUT2D eigenvalue weighted by Gasteiger charge is 1.99. The first kappa shape index (κ1) is 13.8. The van der Waals surface area contributed by atoms with Crippen LogP contribution in [0.15, 0.2) is 52.7 Å². The quantitative estimate of drug-likeness (QED) is 0.567. The Bertz CT molecular complexity index is 804. The molecule has 21 heavy (non-hydrogen) atoms. The van der Waals surface area contributed by atoms with Crippen LogP contribution in [0.4, 0.5) is 0 Å². The molecule has 0 bridgehead atoms. The first-order valence-electron chi connectivity index (χ1n) is 6.18. The number of aromatic nitrogens is 2. The molecule has 1 heterocycles. The monoisotopic (exact) mass is 316 g/mol. The predicted octanol–water partition coefficient (Wildman–Crippen LogP) is 4.32. The van der Waals surface area contributed by atoms with E-state index in [1.54, 1.807) is 30.6 Å². The molecule has 3 aromatic rings. The number of benzene rings is 2. The van der Waals surface area contributed by atoms with Crippen LogP contribution in [-0.4, -0.2) is 22.4 Å². The Morgan fingerprint density at radius 3 is 2.62 bits per heavy atom. The van der Waals surface area contributed by atoms with Crippen molar-refractivity contribution in [2.45, 2.75) is 0 Å². The highest BCUT2D eigenvalue weighted by Crippen LogP contribution is 2.19. The van der Waals surface area contributed by atoms with Gasteiger partial charge in [0.25, 0.3) is 0 Å². The number of nitrogens with zero attached hydrogens (tertiary/aromatic N) is 3. The summed E-state index contributed by atoms with van der Waals surface area (Å²) in [7, 11) is 0. The van der Waals surface area contributed by atoms with E-state index < -0.39 is 0 Å². The number of halogens is 2. The molecule has 4 nitrogen and oxygen atoms in total. The summed E-state index contributed by atoms with van der Waals surface area (Å²) in [5.41, 5.74) is 2.61. The molecule has 0 fully saturated rings. The van der Waals surface area contributed by atoms with Gasteiger partial charge in [-0.05, 0) is 24.3 Å². The van der Waals surface area contributed by atoms with Crippen molar-refractivity contribution in [2.75, 3.05) is 0 Å². The second-order valence-electron chi connectivity index (χ2n) is 4.29. The molecule has 0 aliphatic carbocycles. The van der Waals surface area contributed by atoms with Crippen molar-refractivity contribution < 1.29 is 0 Å². The number of hydrogen-bond donors (Lipinski definition) is 1. The lowest BCUT2D eigenvalue weighted by atomic mass is 10.2. The lowest BCUT2D eigenvalue weighted by Gasteiger charge is -1.96. The van der Waals surface area contributed by atoms with Gasteiger partial charge >= 0.3 is 0 Å². The molecule has 6 heteroatoms. The fourth-order valence-corrected chi connectivity index (χ4v) is 2.28. The minimum Gasteiger partial charge on any atom is -0.337 e. The fourth-order valence-electron chi connectivity index (χ4n) is 1.82. The van der Waals surface area contributed by atoms with Crippen LogP contribution in [0.25, 0.3) is 11.0 Å². The maximum atomic E-state index is 6.03. The number of rotatable bonds is 3. The Kier molecular flexibility index (Phi) is 3.99. The van der Waals surface area contributed by atoms with Crippen molar-refractivity contribution in [2.24, 2.45) is 10.2 Å². The van der Waals surface area contributed by atoms with Gasteiger partial charge in [-0.3, -0.25) is 0 Å². The van der Waals surface area contributed by atoms with Gasteiger partial charge in [0.05, 0.1) is 28.5 Å². The largest absolute Gasteiger partial charge is 0.337 e. The molecule has 0 spiro atoms. The molecule has 0 saturated carbocycles. The maximum absolute atomic E-state index is 6.03. The van der Waals surface area contributed by atoms with Gasteiger partial charge in [-0.1, -0.05) is 41.4 Å². The number of fused-ring (bicyclic) bond motifs is 1. The van der Waals surface area contributed by atoms with Crippen LogP contribution in [0.5, 0.6) is 0 Å². The third kappa shape index (κ3) is 3.29. The van der Waals surface area contributed by atoms with Gasteiger partial charge in [-0.15, -0.1) is 0 Å². The summed E-state index contributed by atoms with van der Waals surface area (Å²) in [5, 5.41) is 9.03. The highest BCUT2D eigenvalue weighted by molar-refractivity contribution is 6.36. The molecule has 0 atom stereocenters. The average molecular weight is 317 g/mol. The van der Waals surface area contributed by atoms with Crippen LogP contribution in [0, 0.1) is 0 Å². The number of para-hydroxylation sites is 2. The minimum atomic E-state index is 0.533. The topological polar surface area (TPSA) is 53.4 Å². The summed E-state index contributed by atoms with van der Waals surface area (Å²) < 4.78 is 0. The van der Waals surface area contributed by atoms with E-state index in [0.29, 0.717) is 15.9 Å². The average Bonchev–Trinajstić information content (AvgIpc) is 2.88.